The van der Waals surface area contributed by atoms with Crippen LogP contribution in [0.25, 0.3) is 10.9 Å². The Balaban J connectivity index is 1.63. The van der Waals surface area contributed by atoms with Crippen molar-refractivity contribution in [1.82, 2.24) is 19.5 Å². The van der Waals surface area contributed by atoms with Gasteiger partial charge in [0.15, 0.2) is 0 Å². The van der Waals surface area contributed by atoms with Crippen LogP contribution in [0.1, 0.15) is 54.9 Å². The number of nitrogens with one attached hydrogen (secondary N) is 1. The Morgan fingerprint density at radius 3 is 2.69 bits per heavy atom. The second-order valence-electron chi connectivity index (χ2n) is 8.02. The topological polar surface area (TPSA) is 116 Å². The van der Waals surface area contributed by atoms with E-state index in [4.69, 9.17) is 0 Å². The molecule has 166 valence electrons. The van der Waals surface area contributed by atoms with E-state index in [1.54, 1.807) is 12.3 Å². The minimum Gasteiger partial charge on any atom is -0.465 e. The van der Waals surface area contributed by atoms with Crippen LogP contribution >= 0.6 is 0 Å². The second kappa shape index (κ2) is 9.67. The summed E-state index contributed by atoms with van der Waals surface area (Å²) in [6, 6.07) is 4.00. The Bertz CT molecular complexity index is 1170. The molecule has 4 rings (SSSR count). The van der Waals surface area contributed by atoms with Gasteiger partial charge in [0.2, 0.25) is 5.91 Å². The van der Waals surface area contributed by atoms with Crippen molar-refractivity contribution in [3.63, 3.8) is 0 Å². The molecule has 0 spiro atoms. The van der Waals surface area contributed by atoms with Crippen LogP contribution in [0.3, 0.4) is 0 Å². The van der Waals surface area contributed by atoms with E-state index in [0.29, 0.717) is 29.1 Å². The first-order valence-electron chi connectivity index (χ1n) is 10.7. The first kappa shape index (κ1) is 21.6. The molecule has 1 atom stereocenters. The summed E-state index contributed by atoms with van der Waals surface area (Å²) in [6.45, 7) is 0. The van der Waals surface area contributed by atoms with Gasteiger partial charge < -0.3 is 10.1 Å². The van der Waals surface area contributed by atoms with E-state index in [-0.39, 0.29) is 17.0 Å². The van der Waals surface area contributed by atoms with Crippen LogP contribution < -0.4 is 10.9 Å². The highest BCUT2D eigenvalue weighted by molar-refractivity contribution is 5.94. The molecule has 1 N–H and O–H groups in total. The predicted molar refractivity (Wildman–Crippen MR) is 118 cm³/mol. The summed E-state index contributed by atoms with van der Waals surface area (Å²) in [5.74, 6) is -0.209. The van der Waals surface area contributed by atoms with Crippen molar-refractivity contribution in [2.24, 2.45) is 5.92 Å². The third-order valence-electron chi connectivity index (χ3n) is 5.94. The van der Waals surface area contributed by atoms with Gasteiger partial charge in [0.25, 0.3) is 5.56 Å². The molecule has 1 aliphatic rings. The van der Waals surface area contributed by atoms with Gasteiger partial charge >= 0.3 is 5.97 Å². The predicted octanol–water partition coefficient (Wildman–Crippen LogP) is 3.12. The lowest BCUT2D eigenvalue weighted by molar-refractivity contribution is -0.120. The quantitative estimate of drug-likeness (QED) is 0.591. The van der Waals surface area contributed by atoms with Crippen LogP contribution in [-0.2, 0) is 9.53 Å². The number of methoxy groups -OCH3 is 1. The molecule has 0 aromatic carbocycles. The Morgan fingerprint density at radius 2 is 1.97 bits per heavy atom. The highest BCUT2D eigenvalue weighted by Gasteiger charge is 2.28. The third-order valence-corrected chi connectivity index (χ3v) is 5.94. The molecule has 3 aromatic rings. The zero-order chi connectivity index (χ0) is 22.5. The number of anilines is 1. The standard InChI is InChI=1S/C23H25N5O4/c1-32-23(31)16-7-8-20(25-12-16)27-21(29)19(11-15-5-3-2-4-6-15)28-14-26-18-9-10-24-13-17(18)22(28)30/h7-10,12-15,19H,2-6,11H2,1H3,(H,25,27,29). The molecule has 0 radical (unpaired) electrons. The van der Waals surface area contributed by atoms with E-state index in [0.717, 1.165) is 25.7 Å². The molecule has 1 fully saturated rings. The van der Waals surface area contributed by atoms with E-state index in [1.165, 1.54) is 49.0 Å². The van der Waals surface area contributed by atoms with Gasteiger partial charge in [0.05, 0.1) is 29.9 Å². The van der Waals surface area contributed by atoms with Crippen LogP contribution in [-0.4, -0.2) is 38.5 Å². The molecule has 9 nitrogen and oxygen atoms in total. The smallest absolute Gasteiger partial charge is 0.339 e. The van der Waals surface area contributed by atoms with Crippen LogP contribution in [0.2, 0.25) is 0 Å². The molecule has 1 unspecified atom stereocenters. The summed E-state index contributed by atoms with van der Waals surface area (Å²) in [4.78, 5) is 50.6. The highest BCUT2D eigenvalue weighted by Crippen LogP contribution is 2.31. The minimum absolute atomic E-state index is 0.284. The number of esters is 1. The van der Waals surface area contributed by atoms with E-state index in [2.05, 4.69) is 25.0 Å². The summed E-state index contributed by atoms with van der Waals surface area (Å²) in [6.07, 6.45) is 11.9. The fourth-order valence-electron chi connectivity index (χ4n) is 4.20. The Hall–Kier alpha value is -3.62. The fourth-order valence-corrected chi connectivity index (χ4v) is 4.20. The summed E-state index contributed by atoms with van der Waals surface area (Å²) in [5.41, 5.74) is 0.526. The van der Waals surface area contributed by atoms with Crippen molar-refractivity contribution >= 4 is 28.6 Å². The molecule has 9 heteroatoms. The summed E-state index contributed by atoms with van der Waals surface area (Å²) in [5, 5.41) is 3.16. The van der Waals surface area contributed by atoms with Crippen LogP contribution in [0.15, 0.2) is 47.9 Å². The number of amides is 1. The molecule has 0 bridgehead atoms. The van der Waals surface area contributed by atoms with Crippen molar-refractivity contribution in [3.8, 4) is 0 Å². The molecule has 1 amide bonds. The van der Waals surface area contributed by atoms with Gasteiger partial charge in [-0.25, -0.2) is 14.8 Å². The van der Waals surface area contributed by atoms with Crippen LogP contribution in [0, 0.1) is 5.92 Å². The maximum atomic E-state index is 13.3. The van der Waals surface area contributed by atoms with Gasteiger partial charge in [-0.15, -0.1) is 0 Å². The lowest BCUT2D eigenvalue weighted by Gasteiger charge is -2.27. The molecule has 1 aliphatic carbocycles. The van der Waals surface area contributed by atoms with E-state index >= 15 is 0 Å². The van der Waals surface area contributed by atoms with Gasteiger partial charge in [-0.3, -0.25) is 19.1 Å². The molecule has 3 heterocycles. The minimum atomic E-state index is -0.732. The fraction of sp³-hybridized carbons (Fsp3) is 0.391. The van der Waals surface area contributed by atoms with Crippen molar-refractivity contribution in [1.29, 1.82) is 0 Å². The number of pyridine rings is 2. The number of nitrogens with zero attached hydrogens (tertiary/aromatic N) is 4. The Kier molecular flexibility index (Phi) is 6.53. The Labute approximate surface area is 184 Å². The monoisotopic (exact) mass is 435 g/mol. The maximum Gasteiger partial charge on any atom is 0.339 e. The Morgan fingerprint density at radius 1 is 1.16 bits per heavy atom. The number of hydrogen-bond donors (Lipinski definition) is 1. The van der Waals surface area contributed by atoms with Crippen molar-refractivity contribution in [2.45, 2.75) is 44.6 Å². The number of aromatic nitrogens is 4. The van der Waals surface area contributed by atoms with Gasteiger partial charge in [0, 0.05) is 18.6 Å². The van der Waals surface area contributed by atoms with Crippen LogP contribution in [0.5, 0.6) is 0 Å². The average molecular weight is 435 g/mol. The largest absolute Gasteiger partial charge is 0.465 e. The normalized spacial score (nSPS) is 15.3. The van der Waals surface area contributed by atoms with Gasteiger partial charge in [-0.05, 0) is 30.5 Å². The zero-order valence-electron chi connectivity index (χ0n) is 17.9. The molecular weight excluding hydrogens is 410 g/mol. The van der Waals surface area contributed by atoms with Crippen LogP contribution in [0.4, 0.5) is 5.82 Å². The van der Waals surface area contributed by atoms with Crippen molar-refractivity contribution in [3.05, 3.63) is 59.0 Å². The number of carbonyl (C=O) groups excluding carboxylic acids is 2. The number of carbonyl (C=O) groups is 2. The van der Waals surface area contributed by atoms with E-state index < -0.39 is 12.0 Å². The first-order chi connectivity index (χ1) is 15.6. The highest BCUT2D eigenvalue weighted by atomic mass is 16.5. The number of hydrogen-bond acceptors (Lipinski definition) is 7. The molecule has 0 saturated heterocycles. The van der Waals surface area contributed by atoms with E-state index in [9.17, 15) is 14.4 Å². The summed E-state index contributed by atoms with van der Waals surface area (Å²) in [7, 11) is 1.29. The lowest BCUT2D eigenvalue weighted by Crippen LogP contribution is -2.35. The zero-order valence-corrected chi connectivity index (χ0v) is 17.9. The number of ether oxygens (including phenoxy) is 1. The SMILES string of the molecule is COC(=O)c1ccc(NC(=O)C(CC2CCCCC2)n2cnc3ccncc3c2=O)nc1. The van der Waals surface area contributed by atoms with Gasteiger partial charge in [-0.2, -0.15) is 0 Å². The third kappa shape index (κ3) is 4.66. The first-order valence-corrected chi connectivity index (χ1v) is 10.7. The average Bonchev–Trinajstić information content (AvgIpc) is 2.84. The van der Waals surface area contributed by atoms with E-state index in [1.807, 2.05) is 0 Å². The molecule has 3 aromatic heterocycles. The molecule has 0 aliphatic heterocycles. The van der Waals surface area contributed by atoms with Crippen molar-refractivity contribution < 1.29 is 14.3 Å². The van der Waals surface area contributed by atoms with Gasteiger partial charge in [0.1, 0.15) is 11.9 Å². The lowest BCUT2D eigenvalue weighted by atomic mass is 9.84. The molecule has 32 heavy (non-hydrogen) atoms. The van der Waals surface area contributed by atoms with Crippen molar-refractivity contribution in [2.75, 3.05) is 12.4 Å². The molecular formula is C23H25N5O4. The summed E-state index contributed by atoms with van der Waals surface area (Å²) >= 11 is 0. The number of rotatable bonds is 6. The molecule has 1 saturated carbocycles. The number of fused-ring (bicyclic) bond motifs is 1. The summed E-state index contributed by atoms with van der Waals surface area (Å²) < 4.78 is 6.07. The van der Waals surface area contributed by atoms with Gasteiger partial charge in [-0.1, -0.05) is 32.1 Å². The second-order valence-corrected chi connectivity index (χ2v) is 8.02. The maximum absolute atomic E-state index is 13.3.